The zero-order valence-electron chi connectivity index (χ0n) is 45.4. The lowest BCUT2D eigenvalue weighted by atomic mass is 9.77. The van der Waals surface area contributed by atoms with Gasteiger partial charge in [0.25, 0.3) is 0 Å². The second kappa shape index (κ2) is 31.3. The molecule has 10 nitrogen and oxygen atoms in total. The van der Waals surface area contributed by atoms with E-state index in [1.165, 1.54) is 34.4 Å². The van der Waals surface area contributed by atoms with Crippen molar-refractivity contribution in [2.75, 3.05) is 26.4 Å². The van der Waals surface area contributed by atoms with Crippen LogP contribution in [0.1, 0.15) is 157 Å². The molecule has 5 aromatic rings. The minimum atomic E-state index is -0.370. The number of hydrogen-bond acceptors (Lipinski definition) is 10. The minimum absolute atomic E-state index is 0.295. The Morgan fingerprint density at radius 2 is 0.805 bits per heavy atom. The van der Waals surface area contributed by atoms with Crippen molar-refractivity contribution >= 4 is 23.9 Å². The molecule has 2 aliphatic rings. The van der Waals surface area contributed by atoms with Crippen molar-refractivity contribution in [2.24, 2.45) is 11.8 Å². The lowest BCUT2D eigenvalue weighted by molar-refractivity contribution is -0.138. The molecule has 408 valence electrons. The van der Waals surface area contributed by atoms with Gasteiger partial charge in [0.2, 0.25) is 0 Å². The van der Waals surface area contributed by atoms with Crippen LogP contribution in [0.2, 0.25) is 0 Å². The monoisotopic (exact) mass is 1040 g/mol. The molecule has 0 aliphatic heterocycles. The maximum atomic E-state index is 13.2. The van der Waals surface area contributed by atoms with Gasteiger partial charge < -0.3 is 28.4 Å². The third-order valence-electron chi connectivity index (χ3n) is 15.3. The van der Waals surface area contributed by atoms with Crippen LogP contribution in [0.25, 0.3) is 22.3 Å². The van der Waals surface area contributed by atoms with E-state index in [-0.39, 0.29) is 23.9 Å². The van der Waals surface area contributed by atoms with Crippen molar-refractivity contribution in [3.8, 4) is 45.3 Å². The third kappa shape index (κ3) is 19.5. The largest absolute Gasteiger partial charge is 0.494 e. The summed E-state index contributed by atoms with van der Waals surface area (Å²) in [6.07, 6.45) is 20.9. The molecule has 0 heterocycles. The van der Waals surface area contributed by atoms with E-state index < -0.39 is 0 Å². The molecule has 0 amide bonds. The summed E-state index contributed by atoms with van der Waals surface area (Å²) in [6, 6.07) is 39.9. The molecular weight excluding hydrogens is 965 g/mol. The highest BCUT2D eigenvalue weighted by atomic mass is 16.6. The molecule has 0 radical (unpaired) electrons. The van der Waals surface area contributed by atoms with Crippen LogP contribution in [0.15, 0.2) is 141 Å². The predicted octanol–water partition coefficient (Wildman–Crippen LogP) is 16.0. The molecule has 0 aromatic heterocycles. The number of benzene rings is 5. The van der Waals surface area contributed by atoms with E-state index in [2.05, 4.69) is 86.0 Å². The van der Waals surface area contributed by atoms with Crippen LogP contribution in [-0.4, -0.2) is 50.3 Å². The van der Waals surface area contributed by atoms with Crippen molar-refractivity contribution in [3.05, 3.63) is 157 Å². The van der Waals surface area contributed by atoms with Gasteiger partial charge in [0, 0.05) is 25.0 Å². The van der Waals surface area contributed by atoms with Crippen LogP contribution < -0.4 is 18.9 Å². The summed E-state index contributed by atoms with van der Waals surface area (Å²) in [5.74, 6) is 2.97. The number of rotatable bonds is 30. The average Bonchev–Trinajstić information content (AvgIpc) is 3.47. The Bertz CT molecular complexity index is 2620. The second-order valence-electron chi connectivity index (χ2n) is 21.0. The van der Waals surface area contributed by atoms with Gasteiger partial charge in [0.1, 0.15) is 11.5 Å². The van der Waals surface area contributed by atoms with Crippen molar-refractivity contribution in [3.63, 3.8) is 0 Å². The van der Waals surface area contributed by atoms with Gasteiger partial charge >= 0.3 is 23.9 Å². The second-order valence-corrected chi connectivity index (χ2v) is 21.0. The lowest BCUT2D eigenvalue weighted by Crippen LogP contribution is -2.17. The Hall–Kier alpha value is -6.94. The summed E-state index contributed by atoms with van der Waals surface area (Å²) < 4.78 is 33.7. The number of aryl methyl sites for hydroxylation is 1. The molecular formula is C67H80O10. The molecule has 77 heavy (non-hydrogen) atoms. The molecule has 0 spiro atoms. The number of hydrogen-bond donors (Lipinski definition) is 0. The minimum Gasteiger partial charge on any atom is -0.494 e. The van der Waals surface area contributed by atoms with E-state index in [0.717, 1.165) is 144 Å². The predicted molar refractivity (Wildman–Crippen MR) is 304 cm³/mol. The van der Waals surface area contributed by atoms with E-state index in [4.69, 9.17) is 28.4 Å². The smallest absolute Gasteiger partial charge is 0.330 e. The van der Waals surface area contributed by atoms with Gasteiger partial charge in [-0.15, -0.1) is 0 Å². The van der Waals surface area contributed by atoms with Gasteiger partial charge in [-0.2, -0.15) is 0 Å². The number of carbonyl (C=O) groups excluding carboxylic acids is 4. The first-order valence-electron chi connectivity index (χ1n) is 28.4. The molecule has 10 heteroatoms. The van der Waals surface area contributed by atoms with Crippen LogP contribution in [0.3, 0.4) is 0 Å². The molecule has 0 N–H and O–H groups in total. The number of esters is 4. The Balaban J connectivity index is 0.749. The van der Waals surface area contributed by atoms with Gasteiger partial charge in [-0.05, 0) is 222 Å². The van der Waals surface area contributed by atoms with E-state index >= 15 is 0 Å². The fourth-order valence-electron chi connectivity index (χ4n) is 10.7. The summed E-state index contributed by atoms with van der Waals surface area (Å²) >= 11 is 0. The molecule has 2 fully saturated rings. The Morgan fingerprint density at radius 1 is 0.442 bits per heavy atom. The Morgan fingerprint density at radius 3 is 1.19 bits per heavy atom. The Labute approximate surface area is 457 Å². The zero-order valence-corrected chi connectivity index (χ0v) is 45.4. The van der Waals surface area contributed by atoms with Crippen molar-refractivity contribution in [2.45, 2.75) is 147 Å². The molecule has 0 saturated heterocycles. The van der Waals surface area contributed by atoms with E-state index in [1.807, 2.05) is 37.3 Å². The molecule has 0 bridgehead atoms. The molecule has 2 aliphatic carbocycles. The summed E-state index contributed by atoms with van der Waals surface area (Å²) in [6.45, 7) is 10.9. The summed E-state index contributed by atoms with van der Waals surface area (Å²) in [7, 11) is 0. The number of ether oxygens (including phenoxy) is 6. The van der Waals surface area contributed by atoms with Gasteiger partial charge in [0.05, 0.1) is 26.4 Å². The normalized spacial score (nSPS) is 17.1. The first-order valence-corrected chi connectivity index (χ1v) is 28.4. The molecule has 0 atom stereocenters. The van der Waals surface area contributed by atoms with Crippen LogP contribution in [0, 0.1) is 18.8 Å². The van der Waals surface area contributed by atoms with Gasteiger partial charge in [0.15, 0.2) is 11.5 Å². The SMILES string of the molecule is C=CC(=O)OCCCCCCOc1ccc(-c2ccc([C@H]3CC[C@H](CCC(=O)Oc4ccc(C)cc4OC(=O)CC[C@H]4CC[C@H](c5ccc(-c6ccc(OCCCCCCOC(=O)C=C)cc6)cc5)CC4)CC3)cc2)cc1. The first kappa shape index (κ1) is 57.8. The molecule has 5 aromatic carbocycles. The maximum Gasteiger partial charge on any atom is 0.330 e. The van der Waals surface area contributed by atoms with Gasteiger partial charge in [-0.3, -0.25) is 9.59 Å². The fraction of sp³-hybridized carbons (Fsp3) is 0.433. The van der Waals surface area contributed by atoms with Gasteiger partial charge in [-0.25, -0.2) is 9.59 Å². The van der Waals surface area contributed by atoms with E-state index in [1.54, 1.807) is 12.1 Å². The van der Waals surface area contributed by atoms with Crippen LogP contribution in [0.5, 0.6) is 23.0 Å². The lowest BCUT2D eigenvalue weighted by Gasteiger charge is -2.29. The molecule has 0 unspecified atom stereocenters. The van der Waals surface area contributed by atoms with Crippen LogP contribution in [0.4, 0.5) is 0 Å². The molecule has 7 rings (SSSR count). The standard InChI is InChI=1S/C67H80O10/c1-4-64(68)74-46-12-8-6-10-44-72-60-37-33-58(34-38-60)56-29-25-54(26-30-56)52-21-15-50(16-22-52)19-42-66(70)76-62-41-14-49(3)48-63(62)77-67(71)43-20-51-17-23-53(24-18-51)55-27-31-57(32-28-55)59-35-39-61(40-36-59)73-45-11-7-9-13-47-75-65(69)5-2/h4-5,14,25-41,48,50-53H,1-2,6-13,15-24,42-47H2,3H3/t50-,51-,52-,53-. The van der Waals surface area contributed by atoms with E-state index in [0.29, 0.717) is 74.4 Å². The highest BCUT2D eigenvalue weighted by Gasteiger charge is 2.26. The zero-order chi connectivity index (χ0) is 54.0. The quantitative estimate of drug-likeness (QED) is 0.0190. The summed E-state index contributed by atoms with van der Waals surface area (Å²) in [4.78, 5) is 48.7. The van der Waals surface area contributed by atoms with Crippen molar-refractivity contribution in [1.82, 2.24) is 0 Å². The third-order valence-corrected chi connectivity index (χ3v) is 15.3. The first-order chi connectivity index (χ1) is 37.6. The van der Waals surface area contributed by atoms with Crippen molar-refractivity contribution < 1.29 is 47.6 Å². The van der Waals surface area contributed by atoms with Crippen LogP contribution >= 0.6 is 0 Å². The number of carbonyl (C=O) groups is 4. The average molecular weight is 1050 g/mol. The number of unbranched alkanes of at least 4 members (excludes halogenated alkanes) is 6. The molecule has 2 saturated carbocycles. The highest BCUT2D eigenvalue weighted by molar-refractivity contribution is 5.81. The van der Waals surface area contributed by atoms with Gasteiger partial charge in [-0.1, -0.05) is 92.0 Å². The van der Waals surface area contributed by atoms with Crippen molar-refractivity contribution in [1.29, 1.82) is 0 Å². The van der Waals surface area contributed by atoms with Crippen LogP contribution in [-0.2, 0) is 28.7 Å². The Kier molecular flexibility index (Phi) is 23.5. The van der Waals surface area contributed by atoms with E-state index in [9.17, 15) is 19.2 Å². The maximum absolute atomic E-state index is 13.2. The summed E-state index contributed by atoms with van der Waals surface area (Å²) in [5.41, 5.74) is 8.34. The summed E-state index contributed by atoms with van der Waals surface area (Å²) in [5, 5.41) is 0. The fourth-order valence-corrected chi connectivity index (χ4v) is 10.7. The highest BCUT2D eigenvalue weighted by Crippen LogP contribution is 2.40. The topological polar surface area (TPSA) is 124 Å².